The van der Waals surface area contributed by atoms with Crippen molar-refractivity contribution in [3.63, 3.8) is 0 Å². The molecule has 6 heteroatoms. The summed E-state index contributed by atoms with van der Waals surface area (Å²) in [7, 11) is 0. The Bertz CT molecular complexity index is 708. The van der Waals surface area contributed by atoms with Crippen LogP contribution in [0.15, 0.2) is 35.1 Å². The molecule has 3 aromatic rings. The van der Waals surface area contributed by atoms with Crippen LogP contribution in [0.2, 0.25) is 5.02 Å². The fourth-order valence-electron chi connectivity index (χ4n) is 1.66. The zero-order valence-corrected chi connectivity index (χ0v) is 11.2. The smallest absolute Gasteiger partial charge is 0.131 e. The maximum atomic E-state index is 13.8. The van der Waals surface area contributed by atoms with Gasteiger partial charge in [0.25, 0.3) is 0 Å². The number of hydrogen-bond donors (Lipinski definition) is 0. The number of aromatic nitrogens is 3. The van der Waals surface area contributed by atoms with Gasteiger partial charge in [0.05, 0.1) is 5.02 Å². The van der Waals surface area contributed by atoms with E-state index in [4.69, 9.17) is 11.6 Å². The molecule has 3 rings (SSSR count). The molecule has 0 N–H and O–H groups in total. The van der Waals surface area contributed by atoms with E-state index in [2.05, 4.69) is 30.9 Å². The van der Waals surface area contributed by atoms with E-state index in [-0.39, 0.29) is 16.4 Å². The highest BCUT2D eigenvalue weighted by molar-refractivity contribution is 9.10. The number of imidazole rings is 1. The average molecular weight is 326 g/mol. The summed E-state index contributed by atoms with van der Waals surface area (Å²) in [5, 5.41) is 0.262. The van der Waals surface area contributed by atoms with E-state index >= 15 is 0 Å². The first-order chi connectivity index (χ1) is 8.66. The Hall–Kier alpha value is -1.46. The fraction of sp³-hybridized carbons (Fsp3) is 0. The number of nitrogens with zero attached hydrogens (tertiary/aromatic N) is 3. The Morgan fingerprint density at radius 3 is 2.89 bits per heavy atom. The zero-order valence-electron chi connectivity index (χ0n) is 8.86. The van der Waals surface area contributed by atoms with Crippen molar-refractivity contribution in [1.82, 2.24) is 15.0 Å². The Kier molecular flexibility index (Phi) is 2.80. The Labute approximate surface area is 115 Å². The molecule has 90 valence electrons. The van der Waals surface area contributed by atoms with Crippen LogP contribution in [-0.4, -0.2) is 9.97 Å². The van der Waals surface area contributed by atoms with Crippen LogP contribution < -0.4 is 4.98 Å². The molecule has 0 fully saturated rings. The molecular formula is C12H5BrClFN3-. The molecule has 0 spiro atoms. The molecule has 0 amide bonds. The van der Waals surface area contributed by atoms with Crippen LogP contribution in [0.5, 0.6) is 0 Å². The Morgan fingerprint density at radius 1 is 1.28 bits per heavy atom. The van der Waals surface area contributed by atoms with Crippen LogP contribution in [0.4, 0.5) is 4.39 Å². The lowest BCUT2D eigenvalue weighted by atomic mass is 10.2. The molecule has 18 heavy (non-hydrogen) atoms. The first kappa shape index (κ1) is 11.6. The largest absolute Gasteiger partial charge is 0.435 e. The maximum Gasteiger partial charge on any atom is 0.131 e. The van der Waals surface area contributed by atoms with Crippen molar-refractivity contribution in [2.45, 2.75) is 0 Å². The first-order valence-corrected chi connectivity index (χ1v) is 6.22. The molecule has 0 atom stereocenters. The minimum atomic E-state index is -0.452. The van der Waals surface area contributed by atoms with Gasteiger partial charge < -0.3 is 9.97 Å². The molecule has 3 nitrogen and oxygen atoms in total. The summed E-state index contributed by atoms with van der Waals surface area (Å²) in [4.78, 5) is 12.4. The summed E-state index contributed by atoms with van der Waals surface area (Å²) in [6, 6.07) is 4.59. The minimum Gasteiger partial charge on any atom is -0.435 e. The van der Waals surface area contributed by atoms with Crippen molar-refractivity contribution < 1.29 is 4.39 Å². The summed E-state index contributed by atoms with van der Waals surface area (Å²) in [6.07, 6.45) is 3.19. The Balaban J connectivity index is 2.29. The van der Waals surface area contributed by atoms with Gasteiger partial charge >= 0.3 is 0 Å². The van der Waals surface area contributed by atoms with E-state index in [9.17, 15) is 4.39 Å². The molecule has 0 aliphatic heterocycles. The third-order valence-corrected chi connectivity index (χ3v) is 3.78. The quantitative estimate of drug-likeness (QED) is 0.639. The number of pyridine rings is 1. The average Bonchev–Trinajstić information content (AvgIpc) is 2.77. The monoisotopic (exact) mass is 324 g/mol. The molecule has 0 aliphatic rings. The normalized spacial score (nSPS) is 11.1. The van der Waals surface area contributed by atoms with Gasteiger partial charge in [0.1, 0.15) is 5.82 Å². The molecule has 0 unspecified atom stereocenters. The minimum absolute atomic E-state index is 0.197. The predicted molar refractivity (Wildman–Crippen MR) is 71.0 cm³/mol. The highest BCUT2D eigenvalue weighted by Crippen LogP contribution is 2.34. The van der Waals surface area contributed by atoms with Crippen LogP contribution in [-0.2, 0) is 0 Å². The highest BCUT2D eigenvalue weighted by atomic mass is 79.9. The lowest BCUT2D eigenvalue weighted by molar-refractivity contribution is 0.630. The number of rotatable bonds is 1. The predicted octanol–water partition coefficient (Wildman–Crippen LogP) is 3.81. The van der Waals surface area contributed by atoms with Crippen LogP contribution >= 0.6 is 27.5 Å². The van der Waals surface area contributed by atoms with Crippen molar-refractivity contribution in [3.05, 3.63) is 45.9 Å². The van der Waals surface area contributed by atoms with Crippen LogP contribution in [0.1, 0.15) is 0 Å². The summed E-state index contributed by atoms with van der Waals surface area (Å²) < 4.78 is 14.4. The van der Waals surface area contributed by atoms with Crippen LogP contribution in [0, 0.1) is 5.82 Å². The molecule has 2 aromatic heterocycles. The van der Waals surface area contributed by atoms with E-state index < -0.39 is 5.82 Å². The second kappa shape index (κ2) is 4.33. The van der Waals surface area contributed by atoms with Crippen LogP contribution in [0.25, 0.3) is 22.4 Å². The van der Waals surface area contributed by atoms with Gasteiger partial charge in [-0.1, -0.05) is 11.6 Å². The third kappa shape index (κ3) is 1.79. The summed E-state index contributed by atoms with van der Waals surface area (Å²) >= 11 is 9.33. The SMILES string of the molecule is Fc1ccc(Br)c(Cl)c1-c1nc2cnccc2[n-]1. The maximum absolute atomic E-state index is 13.8. The van der Waals surface area contributed by atoms with Crippen molar-refractivity contribution in [3.8, 4) is 11.4 Å². The zero-order chi connectivity index (χ0) is 12.7. The molecule has 1 aromatic carbocycles. The van der Waals surface area contributed by atoms with Gasteiger partial charge in [-0.3, -0.25) is 4.98 Å². The summed E-state index contributed by atoms with van der Waals surface area (Å²) in [5.41, 5.74) is 1.47. The topological polar surface area (TPSA) is 39.9 Å². The van der Waals surface area contributed by atoms with E-state index in [1.807, 2.05) is 0 Å². The van der Waals surface area contributed by atoms with Gasteiger partial charge in [0.15, 0.2) is 0 Å². The van der Waals surface area contributed by atoms with Gasteiger partial charge in [-0.2, -0.15) is 0 Å². The summed E-state index contributed by atoms with van der Waals surface area (Å²) in [5.74, 6) is -0.187. The molecule has 0 saturated heterocycles. The van der Waals surface area contributed by atoms with Gasteiger partial charge in [-0.15, -0.1) is 0 Å². The number of fused-ring (bicyclic) bond motifs is 1. The van der Waals surface area contributed by atoms with E-state index in [0.717, 1.165) is 0 Å². The second-order valence-electron chi connectivity index (χ2n) is 3.63. The van der Waals surface area contributed by atoms with Gasteiger partial charge in [0, 0.05) is 22.4 Å². The first-order valence-electron chi connectivity index (χ1n) is 5.05. The molecular weight excluding hydrogens is 321 g/mol. The molecule has 0 radical (unpaired) electrons. The molecule has 0 aliphatic carbocycles. The van der Waals surface area contributed by atoms with Crippen molar-refractivity contribution in [1.29, 1.82) is 0 Å². The molecule has 2 heterocycles. The highest BCUT2D eigenvalue weighted by Gasteiger charge is 2.10. The van der Waals surface area contributed by atoms with Crippen molar-refractivity contribution in [2.75, 3.05) is 0 Å². The fourth-order valence-corrected chi connectivity index (χ4v) is 2.22. The summed E-state index contributed by atoms with van der Waals surface area (Å²) in [6.45, 7) is 0. The van der Waals surface area contributed by atoms with Crippen molar-refractivity contribution in [2.24, 2.45) is 0 Å². The Morgan fingerprint density at radius 2 is 2.11 bits per heavy atom. The molecule has 0 bridgehead atoms. The lowest BCUT2D eigenvalue weighted by Gasteiger charge is -2.09. The number of benzene rings is 1. The number of hydrogen-bond acceptors (Lipinski definition) is 2. The third-order valence-electron chi connectivity index (χ3n) is 2.50. The van der Waals surface area contributed by atoms with E-state index in [1.54, 1.807) is 24.5 Å². The van der Waals surface area contributed by atoms with Gasteiger partial charge in [-0.25, -0.2) is 4.39 Å². The van der Waals surface area contributed by atoms with Crippen LogP contribution in [0.3, 0.4) is 0 Å². The lowest BCUT2D eigenvalue weighted by Crippen LogP contribution is -1.90. The van der Waals surface area contributed by atoms with E-state index in [1.165, 1.54) is 6.07 Å². The molecule has 0 saturated carbocycles. The van der Waals surface area contributed by atoms with Crippen molar-refractivity contribution >= 4 is 38.6 Å². The number of halogens is 3. The standard InChI is InChI=1S/C12H5BrClFN3/c13-6-1-2-7(15)10(11(6)14)12-17-8-3-4-16-5-9(8)18-12/h1-5H/q-1. The van der Waals surface area contributed by atoms with Gasteiger partial charge in [-0.05, 0) is 51.0 Å². The van der Waals surface area contributed by atoms with E-state index in [0.29, 0.717) is 15.5 Å². The van der Waals surface area contributed by atoms with Gasteiger partial charge in [0.2, 0.25) is 0 Å². The second-order valence-corrected chi connectivity index (χ2v) is 4.86.